The Morgan fingerprint density at radius 2 is 1.70 bits per heavy atom. The van der Waals surface area contributed by atoms with E-state index >= 15 is 0 Å². The van der Waals surface area contributed by atoms with E-state index in [0.29, 0.717) is 32.5 Å². The van der Waals surface area contributed by atoms with Gasteiger partial charge >= 0.3 is 11.9 Å². The molecule has 0 spiro atoms. The minimum atomic E-state index is -0.314. The minimum absolute atomic E-state index is 0.219. The molecule has 0 bridgehead atoms. The van der Waals surface area contributed by atoms with Gasteiger partial charge in [-0.2, -0.15) is 0 Å². The summed E-state index contributed by atoms with van der Waals surface area (Å²) in [5, 5.41) is 0. The van der Waals surface area contributed by atoms with Crippen LogP contribution in [0, 0.1) is 0 Å². The zero-order valence-electron chi connectivity index (χ0n) is 12.1. The number of esters is 2. The summed E-state index contributed by atoms with van der Waals surface area (Å²) < 4.78 is 9.99. The van der Waals surface area contributed by atoms with Gasteiger partial charge in [-0.25, -0.2) is 0 Å². The lowest BCUT2D eigenvalue weighted by molar-refractivity contribution is -0.146. The first-order valence-electron chi connectivity index (χ1n) is 7.06. The summed E-state index contributed by atoms with van der Waals surface area (Å²) in [7, 11) is 0. The maximum atomic E-state index is 12.0. The number of ether oxygens (including phenoxy) is 2. The van der Waals surface area contributed by atoms with Crippen molar-refractivity contribution in [2.24, 2.45) is 0 Å². The Hall–Kier alpha value is -1.84. The fourth-order valence-corrected chi connectivity index (χ4v) is 2.03. The molecule has 0 fully saturated rings. The van der Waals surface area contributed by atoms with Crippen molar-refractivity contribution in [1.29, 1.82) is 0 Å². The van der Waals surface area contributed by atoms with Crippen LogP contribution in [0.2, 0.25) is 0 Å². The number of benzene rings is 1. The topological polar surface area (TPSA) is 52.6 Å². The van der Waals surface area contributed by atoms with Crippen LogP contribution in [0.5, 0.6) is 0 Å². The molecule has 0 heterocycles. The molecule has 1 aromatic rings. The van der Waals surface area contributed by atoms with Gasteiger partial charge in [-0.05, 0) is 32.3 Å². The van der Waals surface area contributed by atoms with Crippen LogP contribution in [0.3, 0.4) is 0 Å². The number of hydrogen-bond acceptors (Lipinski definition) is 4. The van der Waals surface area contributed by atoms with Crippen molar-refractivity contribution >= 4 is 11.9 Å². The van der Waals surface area contributed by atoms with Gasteiger partial charge in [0.25, 0.3) is 0 Å². The largest absolute Gasteiger partial charge is 0.466 e. The van der Waals surface area contributed by atoms with E-state index in [-0.39, 0.29) is 17.9 Å². The van der Waals surface area contributed by atoms with Gasteiger partial charge in [0.15, 0.2) is 0 Å². The highest BCUT2D eigenvalue weighted by atomic mass is 16.5. The predicted molar refractivity (Wildman–Crippen MR) is 76.3 cm³/mol. The number of hydrogen-bond donors (Lipinski definition) is 0. The lowest BCUT2D eigenvalue weighted by Gasteiger charge is -2.15. The van der Waals surface area contributed by atoms with E-state index in [1.807, 2.05) is 30.3 Å². The molecule has 0 aliphatic rings. The zero-order chi connectivity index (χ0) is 14.8. The van der Waals surface area contributed by atoms with Gasteiger partial charge in [0.05, 0.1) is 19.1 Å². The van der Waals surface area contributed by atoms with Crippen molar-refractivity contribution in [1.82, 2.24) is 0 Å². The van der Waals surface area contributed by atoms with Crippen molar-refractivity contribution < 1.29 is 19.1 Å². The molecule has 1 aromatic carbocycles. The van der Waals surface area contributed by atoms with Crippen LogP contribution in [-0.2, 0) is 19.1 Å². The summed E-state index contributed by atoms with van der Waals surface area (Å²) >= 11 is 0. The van der Waals surface area contributed by atoms with Gasteiger partial charge in [0, 0.05) is 6.42 Å². The SMILES string of the molecule is CCOC(=O)CCCC(C(=O)OCC)c1ccccc1. The zero-order valence-corrected chi connectivity index (χ0v) is 12.1. The maximum Gasteiger partial charge on any atom is 0.313 e. The first kappa shape index (κ1) is 16.2. The number of carbonyl (C=O) groups is 2. The van der Waals surface area contributed by atoms with Crippen LogP contribution in [-0.4, -0.2) is 25.2 Å². The summed E-state index contributed by atoms with van der Waals surface area (Å²) in [4.78, 5) is 23.3. The van der Waals surface area contributed by atoms with Gasteiger partial charge in [0.1, 0.15) is 0 Å². The summed E-state index contributed by atoms with van der Waals surface area (Å²) in [6.07, 6.45) is 1.52. The Balaban J connectivity index is 2.60. The van der Waals surface area contributed by atoms with Crippen molar-refractivity contribution in [3.05, 3.63) is 35.9 Å². The van der Waals surface area contributed by atoms with Gasteiger partial charge in [-0.15, -0.1) is 0 Å². The Morgan fingerprint density at radius 1 is 1.05 bits per heavy atom. The highest BCUT2D eigenvalue weighted by Crippen LogP contribution is 2.23. The van der Waals surface area contributed by atoms with Gasteiger partial charge < -0.3 is 9.47 Å². The number of carbonyl (C=O) groups excluding carboxylic acids is 2. The maximum absolute atomic E-state index is 12.0. The minimum Gasteiger partial charge on any atom is -0.466 e. The van der Waals surface area contributed by atoms with E-state index < -0.39 is 0 Å². The normalized spacial score (nSPS) is 11.7. The molecule has 0 saturated carbocycles. The van der Waals surface area contributed by atoms with E-state index in [1.165, 1.54) is 0 Å². The highest BCUT2D eigenvalue weighted by Gasteiger charge is 2.21. The van der Waals surface area contributed by atoms with E-state index in [1.54, 1.807) is 13.8 Å². The van der Waals surface area contributed by atoms with E-state index in [4.69, 9.17) is 9.47 Å². The lowest BCUT2D eigenvalue weighted by Crippen LogP contribution is -2.16. The van der Waals surface area contributed by atoms with Crippen LogP contribution in [0.25, 0.3) is 0 Å². The van der Waals surface area contributed by atoms with Crippen LogP contribution >= 0.6 is 0 Å². The molecule has 0 amide bonds. The smallest absolute Gasteiger partial charge is 0.313 e. The third-order valence-electron chi connectivity index (χ3n) is 2.95. The van der Waals surface area contributed by atoms with E-state index in [2.05, 4.69) is 0 Å². The molecular formula is C16H22O4. The molecule has 20 heavy (non-hydrogen) atoms. The highest BCUT2D eigenvalue weighted by molar-refractivity contribution is 5.78. The van der Waals surface area contributed by atoms with Crippen LogP contribution < -0.4 is 0 Å². The van der Waals surface area contributed by atoms with Gasteiger partial charge in [-0.3, -0.25) is 9.59 Å². The summed E-state index contributed by atoms with van der Waals surface area (Å²) in [5.74, 6) is -0.767. The predicted octanol–water partition coefficient (Wildman–Crippen LogP) is 3.07. The molecule has 1 atom stereocenters. The molecule has 0 radical (unpaired) electrons. The molecule has 0 aliphatic carbocycles. The molecule has 0 aromatic heterocycles. The fraction of sp³-hybridized carbons (Fsp3) is 0.500. The molecule has 110 valence electrons. The Bertz CT molecular complexity index is 414. The first-order chi connectivity index (χ1) is 9.69. The van der Waals surface area contributed by atoms with Crippen molar-refractivity contribution in [2.75, 3.05) is 13.2 Å². The lowest BCUT2D eigenvalue weighted by atomic mass is 9.93. The molecule has 0 N–H and O–H groups in total. The fourth-order valence-electron chi connectivity index (χ4n) is 2.03. The number of rotatable bonds is 8. The molecule has 0 aliphatic heterocycles. The summed E-state index contributed by atoms with van der Waals surface area (Å²) in [6, 6.07) is 9.52. The Kier molecular flexibility index (Phi) is 7.40. The third kappa shape index (κ3) is 5.43. The first-order valence-corrected chi connectivity index (χ1v) is 7.06. The van der Waals surface area contributed by atoms with Crippen molar-refractivity contribution in [2.45, 2.75) is 39.0 Å². The van der Waals surface area contributed by atoms with Crippen LogP contribution in [0.15, 0.2) is 30.3 Å². The third-order valence-corrected chi connectivity index (χ3v) is 2.95. The average Bonchev–Trinajstić information content (AvgIpc) is 2.45. The van der Waals surface area contributed by atoms with E-state index in [0.717, 1.165) is 5.56 Å². The molecule has 1 unspecified atom stereocenters. The summed E-state index contributed by atoms with van der Waals surface area (Å²) in [6.45, 7) is 4.32. The van der Waals surface area contributed by atoms with Gasteiger partial charge in [0.2, 0.25) is 0 Å². The van der Waals surface area contributed by atoms with Crippen molar-refractivity contribution in [3.8, 4) is 0 Å². The molecule has 4 nitrogen and oxygen atoms in total. The monoisotopic (exact) mass is 278 g/mol. The van der Waals surface area contributed by atoms with Crippen molar-refractivity contribution in [3.63, 3.8) is 0 Å². The van der Waals surface area contributed by atoms with Gasteiger partial charge in [-0.1, -0.05) is 30.3 Å². The molecule has 4 heteroatoms. The van der Waals surface area contributed by atoms with E-state index in [9.17, 15) is 9.59 Å². The molecule has 1 rings (SSSR count). The molecule has 0 saturated heterocycles. The van der Waals surface area contributed by atoms with Crippen LogP contribution in [0.4, 0.5) is 0 Å². The second-order valence-electron chi connectivity index (χ2n) is 4.41. The van der Waals surface area contributed by atoms with Crippen LogP contribution in [0.1, 0.15) is 44.6 Å². The average molecular weight is 278 g/mol. The quantitative estimate of drug-likeness (QED) is 0.686. The second-order valence-corrected chi connectivity index (χ2v) is 4.41. The Morgan fingerprint density at radius 3 is 2.30 bits per heavy atom. The second kappa shape index (κ2) is 9.13. The standard InChI is InChI=1S/C16H22O4/c1-3-19-15(17)12-8-11-14(16(18)20-4-2)13-9-6-5-7-10-13/h5-7,9-10,14H,3-4,8,11-12H2,1-2H3. The summed E-state index contributed by atoms with van der Waals surface area (Å²) in [5.41, 5.74) is 0.926. The molecular weight excluding hydrogens is 256 g/mol. The Labute approximate surface area is 120 Å².